The maximum atomic E-state index is 6.16. The molecule has 1 heterocycles. The molecule has 2 N–H and O–H groups in total. The van der Waals surface area contributed by atoms with Crippen LogP contribution >= 0.6 is 11.6 Å². The fourth-order valence-electron chi connectivity index (χ4n) is 1.83. The summed E-state index contributed by atoms with van der Waals surface area (Å²) >= 11 is 6.16. The van der Waals surface area contributed by atoms with Crippen molar-refractivity contribution in [2.75, 3.05) is 5.73 Å². The summed E-state index contributed by atoms with van der Waals surface area (Å²) in [6, 6.07) is 5.61. The topological polar surface area (TPSA) is 43.8 Å². The second-order valence-electron chi connectivity index (χ2n) is 4.42. The van der Waals surface area contributed by atoms with E-state index in [0.29, 0.717) is 16.6 Å². The predicted molar refractivity (Wildman–Crippen MR) is 71.3 cm³/mol. The number of nitrogens with zero attached hydrogens (tertiary/aromatic N) is 2. The van der Waals surface area contributed by atoms with Gasteiger partial charge in [-0.3, -0.25) is 0 Å². The molecule has 1 aromatic carbocycles. The zero-order valence-electron chi connectivity index (χ0n) is 10.0. The largest absolute Gasteiger partial charge is 0.399 e. The lowest BCUT2D eigenvalue weighted by atomic mass is 10.2. The van der Waals surface area contributed by atoms with Gasteiger partial charge in [0, 0.05) is 29.0 Å². The third kappa shape index (κ3) is 2.61. The molecular weight excluding hydrogens is 234 g/mol. The van der Waals surface area contributed by atoms with Crippen molar-refractivity contribution in [2.45, 2.75) is 26.3 Å². The molecule has 0 saturated carbocycles. The van der Waals surface area contributed by atoms with Crippen LogP contribution in [0.1, 0.15) is 31.2 Å². The molecular formula is C13H16ClN3. The van der Waals surface area contributed by atoms with Gasteiger partial charge >= 0.3 is 0 Å². The van der Waals surface area contributed by atoms with E-state index in [-0.39, 0.29) is 0 Å². The van der Waals surface area contributed by atoms with Gasteiger partial charge < -0.3 is 10.3 Å². The zero-order chi connectivity index (χ0) is 12.4. The Hall–Kier alpha value is -1.48. The van der Waals surface area contributed by atoms with Crippen LogP contribution in [0.5, 0.6) is 0 Å². The summed E-state index contributed by atoms with van der Waals surface area (Å²) in [5, 5.41) is 0.702. The Labute approximate surface area is 106 Å². The molecule has 90 valence electrons. The standard InChI is InChI=1S/C13H16ClN3/c1-9(2)13-16-5-6-17(13)8-10-3-4-11(15)7-12(10)14/h3-7,9H,8,15H2,1-2H3. The molecule has 0 radical (unpaired) electrons. The van der Waals surface area contributed by atoms with Crippen LogP contribution in [0.15, 0.2) is 30.6 Å². The SMILES string of the molecule is CC(C)c1nccn1Cc1ccc(N)cc1Cl. The number of imidazole rings is 1. The molecule has 3 nitrogen and oxygen atoms in total. The summed E-state index contributed by atoms with van der Waals surface area (Å²) in [5.41, 5.74) is 7.42. The molecule has 0 aliphatic rings. The third-order valence-corrected chi connectivity index (χ3v) is 3.03. The average molecular weight is 250 g/mol. The maximum Gasteiger partial charge on any atom is 0.111 e. The Kier molecular flexibility index (Phi) is 3.38. The van der Waals surface area contributed by atoms with Crippen molar-refractivity contribution in [3.63, 3.8) is 0 Å². The minimum atomic E-state index is 0.401. The highest BCUT2D eigenvalue weighted by Gasteiger charge is 2.09. The molecule has 2 rings (SSSR count). The third-order valence-electron chi connectivity index (χ3n) is 2.68. The predicted octanol–water partition coefficient (Wildman–Crippen LogP) is 3.29. The number of hydrogen-bond acceptors (Lipinski definition) is 2. The fraction of sp³-hybridized carbons (Fsp3) is 0.308. The van der Waals surface area contributed by atoms with Gasteiger partial charge in [0.05, 0.1) is 6.54 Å². The molecule has 0 fully saturated rings. The second-order valence-corrected chi connectivity index (χ2v) is 4.83. The van der Waals surface area contributed by atoms with Crippen LogP contribution in [0.3, 0.4) is 0 Å². The van der Waals surface area contributed by atoms with Crippen molar-refractivity contribution in [2.24, 2.45) is 0 Å². The minimum absolute atomic E-state index is 0.401. The summed E-state index contributed by atoms with van der Waals surface area (Å²) < 4.78 is 2.11. The number of hydrogen-bond donors (Lipinski definition) is 1. The number of aromatic nitrogens is 2. The van der Waals surface area contributed by atoms with E-state index in [9.17, 15) is 0 Å². The van der Waals surface area contributed by atoms with Crippen LogP contribution < -0.4 is 5.73 Å². The molecule has 0 spiro atoms. The highest BCUT2D eigenvalue weighted by atomic mass is 35.5. The number of nitrogen functional groups attached to an aromatic ring is 1. The lowest BCUT2D eigenvalue weighted by Crippen LogP contribution is -2.06. The monoisotopic (exact) mass is 249 g/mol. The first-order valence-electron chi connectivity index (χ1n) is 5.63. The van der Waals surface area contributed by atoms with E-state index in [4.69, 9.17) is 17.3 Å². The Morgan fingerprint density at radius 2 is 2.18 bits per heavy atom. The van der Waals surface area contributed by atoms with Crippen molar-refractivity contribution < 1.29 is 0 Å². The summed E-state index contributed by atoms with van der Waals surface area (Å²) in [5.74, 6) is 1.47. The molecule has 4 heteroatoms. The van der Waals surface area contributed by atoms with E-state index in [2.05, 4.69) is 23.4 Å². The van der Waals surface area contributed by atoms with Gasteiger partial charge in [0.2, 0.25) is 0 Å². The minimum Gasteiger partial charge on any atom is -0.399 e. The summed E-state index contributed by atoms with van der Waals surface area (Å²) in [6.07, 6.45) is 3.79. The van der Waals surface area contributed by atoms with E-state index in [1.807, 2.05) is 24.5 Å². The summed E-state index contributed by atoms with van der Waals surface area (Å²) in [7, 11) is 0. The molecule has 1 aromatic heterocycles. The van der Waals surface area contributed by atoms with Crippen LogP contribution in [-0.2, 0) is 6.54 Å². The van der Waals surface area contributed by atoms with Crippen molar-refractivity contribution in [1.82, 2.24) is 9.55 Å². The van der Waals surface area contributed by atoms with Gasteiger partial charge in [0.1, 0.15) is 5.82 Å². The van der Waals surface area contributed by atoms with Gasteiger partial charge in [-0.1, -0.05) is 31.5 Å². The smallest absolute Gasteiger partial charge is 0.111 e. The first-order chi connectivity index (χ1) is 8.08. The first-order valence-corrected chi connectivity index (χ1v) is 6.00. The van der Waals surface area contributed by atoms with Crippen molar-refractivity contribution in [3.05, 3.63) is 47.0 Å². The van der Waals surface area contributed by atoms with Crippen molar-refractivity contribution >= 4 is 17.3 Å². The lowest BCUT2D eigenvalue weighted by Gasteiger charge is -2.11. The molecule has 0 amide bonds. The number of rotatable bonds is 3. The van der Waals surface area contributed by atoms with Gasteiger partial charge in [0.25, 0.3) is 0 Å². The van der Waals surface area contributed by atoms with Crippen molar-refractivity contribution in [3.8, 4) is 0 Å². The van der Waals surface area contributed by atoms with Gasteiger partial charge in [-0.15, -0.1) is 0 Å². The van der Waals surface area contributed by atoms with Crippen LogP contribution in [0.25, 0.3) is 0 Å². The number of halogens is 1. The zero-order valence-corrected chi connectivity index (χ0v) is 10.8. The molecule has 0 saturated heterocycles. The number of benzene rings is 1. The highest BCUT2D eigenvalue weighted by molar-refractivity contribution is 6.31. The lowest BCUT2D eigenvalue weighted by molar-refractivity contribution is 0.670. The average Bonchev–Trinajstić information content (AvgIpc) is 2.70. The van der Waals surface area contributed by atoms with Gasteiger partial charge in [-0.25, -0.2) is 4.98 Å². The summed E-state index contributed by atoms with van der Waals surface area (Å²) in [4.78, 5) is 4.35. The Bertz CT molecular complexity index is 517. The van der Waals surface area contributed by atoms with E-state index < -0.39 is 0 Å². The van der Waals surface area contributed by atoms with Gasteiger partial charge in [-0.05, 0) is 17.7 Å². The molecule has 0 aliphatic heterocycles. The summed E-state index contributed by atoms with van der Waals surface area (Å²) in [6.45, 7) is 4.99. The Morgan fingerprint density at radius 3 is 2.82 bits per heavy atom. The van der Waals surface area contributed by atoms with E-state index >= 15 is 0 Å². The van der Waals surface area contributed by atoms with Crippen LogP contribution in [0.2, 0.25) is 5.02 Å². The van der Waals surface area contributed by atoms with Crippen LogP contribution in [-0.4, -0.2) is 9.55 Å². The van der Waals surface area contributed by atoms with E-state index in [1.54, 1.807) is 6.07 Å². The van der Waals surface area contributed by atoms with Crippen LogP contribution in [0, 0.1) is 0 Å². The number of nitrogens with two attached hydrogens (primary N) is 1. The Balaban J connectivity index is 2.28. The Morgan fingerprint density at radius 1 is 1.41 bits per heavy atom. The molecule has 0 aliphatic carbocycles. The fourth-order valence-corrected chi connectivity index (χ4v) is 2.08. The van der Waals surface area contributed by atoms with Crippen LogP contribution in [0.4, 0.5) is 5.69 Å². The molecule has 0 unspecified atom stereocenters. The van der Waals surface area contributed by atoms with Gasteiger partial charge in [0.15, 0.2) is 0 Å². The second kappa shape index (κ2) is 4.80. The molecule has 0 bridgehead atoms. The number of anilines is 1. The van der Waals surface area contributed by atoms with Crippen molar-refractivity contribution in [1.29, 1.82) is 0 Å². The molecule has 2 aromatic rings. The first kappa shape index (κ1) is 12.0. The molecule has 17 heavy (non-hydrogen) atoms. The highest BCUT2D eigenvalue weighted by Crippen LogP contribution is 2.21. The normalized spacial score (nSPS) is 11.1. The quantitative estimate of drug-likeness (QED) is 0.849. The maximum absolute atomic E-state index is 6.16. The van der Waals surface area contributed by atoms with Gasteiger partial charge in [-0.2, -0.15) is 0 Å². The van der Waals surface area contributed by atoms with E-state index in [0.717, 1.165) is 17.9 Å². The van der Waals surface area contributed by atoms with E-state index in [1.165, 1.54) is 0 Å². The molecule has 0 atom stereocenters.